The van der Waals surface area contributed by atoms with E-state index in [1.54, 1.807) is 30.0 Å². The molecule has 2 aliphatic rings. The van der Waals surface area contributed by atoms with Crippen molar-refractivity contribution >= 4 is 23.4 Å². The molecule has 0 saturated carbocycles. The maximum Gasteiger partial charge on any atom is 0.262 e. The summed E-state index contributed by atoms with van der Waals surface area (Å²) in [4.78, 5) is 20.3. The smallest absolute Gasteiger partial charge is 0.262 e. The molecule has 140 valence electrons. The fourth-order valence-corrected chi connectivity index (χ4v) is 4.33. The molecule has 2 aliphatic heterocycles. The van der Waals surface area contributed by atoms with Gasteiger partial charge in [-0.15, -0.1) is 11.8 Å². The van der Waals surface area contributed by atoms with Gasteiger partial charge in [0.15, 0.2) is 0 Å². The molecule has 1 aromatic carbocycles. The topological polar surface area (TPSA) is 52.9 Å². The Hall–Kier alpha value is -2.53. The number of rotatable bonds is 4. The summed E-state index contributed by atoms with van der Waals surface area (Å²) in [5.41, 5.74) is 4.97. The van der Waals surface area contributed by atoms with Crippen molar-refractivity contribution in [3.8, 4) is 5.75 Å². The third-order valence-corrected chi connectivity index (χ3v) is 5.82. The lowest BCUT2D eigenvalue weighted by Gasteiger charge is -2.30. The lowest BCUT2D eigenvalue weighted by atomic mass is 9.99. The van der Waals surface area contributed by atoms with Crippen LogP contribution in [0.1, 0.15) is 25.0 Å². The summed E-state index contributed by atoms with van der Waals surface area (Å²) in [6.45, 7) is 8.86. The van der Waals surface area contributed by atoms with E-state index in [-0.39, 0.29) is 11.7 Å². The van der Waals surface area contributed by atoms with Gasteiger partial charge in [0, 0.05) is 18.8 Å². The first-order valence-corrected chi connectivity index (χ1v) is 9.99. The van der Waals surface area contributed by atoms with Crippen LogP contribution in [-0.4, -0.2) is 33.9 Å². The number of fused-ring (bicyclic) bond motifs is 1. The van der Waals surface area contributed by atoms with E-state index in [9.17, 15) is 9.90 Å². The maximum absolute atomic E-state index is 13.1. The Morgan fingerprint density at radius 1 is 1.37 bits per heavy atom. The third kappa shape index (κ3) is 4.25. The van der Waals surface area contributed by atoms with Crippen LogP contribution in [0.15, 0.2) is 70.2 Å². The number of aromatic hydroxyl groups is 1. The van der Waals surface area contributed by atoms with E-state index in [4.69, 9.17) is 4.99 Å². The summed E-state index contributed by atoms with van der Waals surface area (Å²) in [6, 6.07) is 5.37. The van der Waals surface area contributed by atoms with Crippen LogP contribution >= 0.6 is 11.8 Å². The highest BCUT2D eigenvalue weighted by atomic mass is 32.2. The van der Waals surface area contributed by atoms with Crippen molar-refractivity contribution in [1.29, 1.82) is 0 Å². The fraction of sp³-hybridized carbons (Fsp3) is 0.273. The van der Waals surface area contributed by atoms with Crippen LogP contribution in [-0.2, 0) is 17.8 Å². The zero-order valence-electron chi connectivity index (χ0n) is 15.7. The first kappa shape index (κ1) is 19.2. The number of thioether (sulfide) groups is 1. The minimum atomic E-state index is 0.0410. The van der Waals surface area contributed by atoms with Gasteiger partial charge in [0.25, 0.3) is 5.91 Å². The number of aliphatic imine (C=N–C) groups is 1. The molecule has 0 spiro atoms. The number of nitrogens with zero attached hydrogens (tertiary/aromatic N) is 2. The quantitative estimate of drug-likeness (QED) is 0.789. The van der Waals surface area contributed by atoms with Gasteiger partial charge >= 0.3 is 0 Å². The number of carbonyl (C=O) groups is 1. The normalized spacial score (nSPS) is 17.8. The molecular formula is C22H24N2O2S. The van der Waals surface area contributed by atoms with Crippen LogP contribution in [0.5, 0.6) is 5.75 Å². The van der Waals surface area contributed by atoms with Gasteiger partial charge in [-0.1, -0.05) is 36.9 Å². The summed E-state index contributed by atoms with van der Waals surface area (Å²) < 4.78 is 0. The monoisotopic (exact) mass is 380 g/mol. The standard InChI is InChI=1S/C22H24N2O2S/c1-4-6-16(7-5-2)20-14-27-21(15(3)23-20)22(26)24-11-10-17-12-19(25)9-8-18(17)13-24/h4-9,12,25H,1,10-11,13-14H2,2-3H3/b7-5-,16-6+. The summed E-state index contributed by atoms with van der Waals surface area (Å²) in [5.74, 6) is 0.987. The number of phenolic OH excluding ortho intramolecular Hbond substituents is 1. The highest BCUT2D eigenvalue weighted by Crippen LogP contribution is 2.31. The number of amides is 1. The maximum atomic E-state index is 13.1. The average Bonchev–Trinajstić information content (AvgIpc) is 2.67. The van der Waals surface area contributed by atoms with E-state index in [1.165, 1.54) is 0 Å². The molecule has 1 aromatic rings. The second kappa shape index (κ2) is 8.44. The molecular weight excluding hydrogens is 356 g/mol. The Bertz CT molecular complexity index is 894. The van der Waals surface area contributed by atoms with E-state index < -0.39 is 0 Å². The summed E-state index contributed by atoms with van der Waals surface area (Å²) in [7, 11) is 0. The molecule has 0 saturated heterocycles. The minimum absolute atomic E-state index is 0.0410. The summed E-state index contributed by atoms with van der Waals surface area (Å²) >= 11 is 1.55. The molecule has 5 heteroatoms. The largest absolute Gasteiger partial charge is 0.508 e. The van der Waals surface area contributed by atoms with E-state index in [1.807, 2.05) is 43.0 Å². The second-order valence-corrected chi connectivity index (χ2v) is 7.53. The first-order valence-electron chi connectivity index (χ1n) is 9.00. The SMILES string of the molecule is C=C/C=C(\C=C/C)C1=NC(C)=C(C(=O)N2CCc3cc(O)ccc3C2)SC1. The van der Waals surface area contributed by atoms with Crippen molar-refractivity contribution in [2.45, 2.75) is 26.8 Å². The van der Waals surface area contributed by atoms with Gasteiger partial charge in [-0.05, 0) is 49.1 Å². The molecule has 0 unspecified atom stereocenters. The van der Waals surface area contributed by atoms with Crippen LogP contribution in [0.2, 0.25) is 0 Å². The van der Waals surface area contributed by atoms with Gasteiger partial charge in [0.2, 0.25) is 0 Å². The Kier molecular flexibility index (Phi) is 6.01. The number of allylic oxidation sites excluding steroid dienone is 6. The van der Waals surface area contributed by atoms with Crippen molar-refractivity contribution < 1.29 is 9.90 Å². The highest BCUT2D eigenvalue weighted by Gasteiger charge is 2.27. The van der Waals surface area contributed by atoms with Crippen LogP contribution in [0.25, 0.3) is 0 Å². The molecule has 3 rings (SSSR count). The number of benzene rings is 1. The molecule has 27 heavy (non-hydrogen) atoms. The van der Waals surface area contributed by atoms with Gasteiger partial charge in [-0.3, -0.25) is 9.79 Å². The van der Waals surface area contributed by atoms with Crippen LogP contribution in [0.4, 0.5) is 0 Å². The van der Waals surface area contributed by atoms with Crippen LogP contribution < -0.4 is 0 Å². The molecule has 0 bridgehead atoms. The van der Waals surface area contributed by atoms with E-state index in [0.717, 1.165) is 39.4 Å². The van der Waals surface area contributed by atoms with E-state index in [2.05, 4.69) is 6.58 Å². The number of hydrogen-bond donors (Lipinski definition) is 1. The number of hydrogen-bond acceptors (Lipinski definition) is 4. The zero-order valence-corrected chi connectivity index (χ0v) is 16.6. The summed E-state index contributed by atoms with van der Waals surface area (Å²) in [5, 5.41) is 9.63. The summed E-state index contributed by atoms with van der Waals surface area (Å²) in [6.07, 6.45) is 8.44. The van der Waals surface area contributed by atoms with Crippen molar-refractivity contribution in [2.24, 2.45) is 4.99 Å². The molecule has 2 heterocycles. The van der Waals surface area contributed by atoms with Gasteiger partial charge in [-0.2, -0.15) is 0 Å². The van der Waals surface area contributed by atoms with Crippen LogP contribution in [0, 0.1) is 0 Å². The van der Waals surface area contributed by atoms with E-state index >= 15 is 0 Å². The molecule has 0 aromatic heterocycles. The molecule has 0 atom stereocenters. The van der Waals surface area contributed by atoms with Crippen molar-refractivity contribution in [3.05, 3.63) is 76.4 Å². The van der Waals surface area contributed by atoms with Gasteiger partial charge in [0.05, 0.1) is 16.3 Å². The highest BCUT2D eigenvalue weighted by molar-refractivity contribution is 8.04. The Morgan fingerprint density at radius 2 is 2.19 bits per heavy atom. The van der Waals surface area contributed by atoms with Gasteiger partial charge < -0.3 is 10.0 Å². The van der Waals surface area contributed by atoms with Crippen LogP contribution in [0.3, 0.4) is 0 Å². The molecule has 1 N–H and O–H groups in total. The lowest BCUT2D eigenvalue weighted by molar-refractivity contribution is -0.127. The Balaban J connectivity index is 1.81. The molecule has 1 amide bonds. The molecule has 0 aliphatic carbocycles. The van der Waals surface area contributed by atoms with Gasteiger partial charge in [0.1, 0.15) is 5.75 Å². The zero-order chi connectivity index (χ0) is 19.4. The lowest BCUT2D eigenvalue weighted by Crippen LogP contribution is -2.37. The predicted octanol–water partition coefficient (Wildman–Crippen LogP) is 4.38. The molecule has 0 fully saturated rings. The van der Waals surface area contributed by atoms with Crippen molar-refractivity contribution in [2.75, 3.05) is 12.3 Å². The molecule has 4 nitrogen and oxygen atoms in total. The third-order valence-electron chi connectivity index (χ3n) is 4.64. The predicted molar refractivity (Wildman–Crippen MR) is 113 cm³/mol. The number of carbonyl (C=O) groups excluding carboxylic acids is 1. The first-order chi connectivity index (χ1) is 13.0. The number of phenols is 1. The second-order valence-electron chi connectivity index (χ2n) is 6.55. The van der Waals surface area contributed by atoms with E-state index in [0.29, 0.717) is 18.8 Å². The minimum Gasteiger partial charge on any atom is -0.508 e. The Morgan fingerprint density at radius 3 is 2.89 bits per heavy atom. The fourth-order valence-electron chi connectivity index (χ4n) is 3.31. The van der Waals surface area contributed by atoms with Gasteiger partial charge in [-0.25, -0.2) is 0 Å². The van der Waals surface area contributed by atoms with Crippen molar-refractivity contribution in [3.63, 3.8) is 0 Å². The molecule has 0 radical (unpaired) electrons. The van der Waals surface area contributed by atoms with Crippen molar-refractivity contribution in [1.82, 2.24) is 4.90 Å². The Labute approximate surface area is 164 Å². The average molecular weight is 381 g/mol.